The Labute approximate surface area is 134 Å². The summed E-state index contributed by atoms with van der Waals surface area (Å²) in [5.41, 5.74) is 0.766. The van der Waals surface area contributed by atoms with E-state index in [4.69, 9.17) is 4.74 Å². The molecule has 1 aromatic rings. The average molecular weight is 320 g/mol. The van der Waals surface area contributed by atoms with Gasteiger partial charge >= 0.3 is 18.1 Å². The van der Waals surface area contributed by atoms with Crippen LogP contribution >= 0.6 is 0 Å². The molecule has 1 aromatic carbocycles. The van der Waals surface area contributed by atoms with Crippen LogP contribution in [0.25, 0.3) is 0 Å². The van der Waals surface area contributed by atoms with E-state index in [-0.39, 0.29) is 13.2 Å². The summed E-state index contributed by atoms with van der Waals surface area (Å²) in [7, 11) is 0. The number of benzene rings is 1. The van der Waals surface area contributed by atoms with Crippen molar-refractivity contribution in [3.8, 4) is 0 Å². The highest BCUT2D eigenvalue weighted by Crippen LogP contribution is 2.19. The molecule has 7 heteroatoms. The van der Waals surface area contributed by atoms with Crippen LogP contribution in [0.5, 0.6) is 0 Å². The van der Waals surface area contributed by atoms with E-state index in [9.17, 15) is 19.5 Å². The van der Waals surface area contributed by atoms with E-state index in [2.05, 4.69) is 0 Å². The van der Waals surface area contributed by atoms with Crippen LogP contribution in [0.3, 0.4) is 0 Å². The molecule has 1 aliphatic heterocycles. The van der Waals surface area contributed by atoms with Crippen LogP contribution in [0.1, 0.15) is 25.3 Å². The van der Waals surface area contributed by atoms with Gasteiger partial charge in [0, 0.05) is 6.54 Å². The largest absolute Gasteiger partial charge is 0.480 e. The summed E-state index contributed by atoms with van der Waals surface area (Å²) >= 11 is 0. The normalized spacial score (nSPS) is 17.4. The monoisotopic (exact) mass is 320 g/mol. The number of hydrogen-bond donors (Lipinski definition) is 1. The molecule has 0 bridgehead atoms. The van der Waals surface area contributed by atoms with Gasteiger partial charge in [-0.25, -0.2) is 19.3 Å². The summed E-state index contributed by atoms with van der Waals surface area (Å²) in [6.45, 7) is 2.39. The average Bonchev–Trinajstić information content (AvgIpc) is 2.88. The van der Waals surface area contributed by atoms with Crippen LogP contribution in [0.2, 0.25) is 0 Å². The molecule has 7 nitrogen and oxygen atoms in total. The Balaban J connectivity index is 2.03. The standard InChI is InChI=1S/C16H20N2O5/c1-2-3-9-17-10-13(14(19)20)18(15(17)21)16(22)23-11-12-7-5-4-6-8-12/h4-8,13H,2-3,9-11H2,1H3,(H,19,20)/t13-/m0/s1. The molecule has 1 saturated heterocycles. The highest BCUT2D eigenvalue weighted by Gasteiger charge is 2.45. The van der Waals surface area contributed by atoms with E-state index in [1.165, 1.54) is 4.90 Å². The zero-order chi connectivity index (χ0) is 16.8. The maximum absolute atomic E-state index is 12.3. The van der Waals surface area contributed by atoms with Crippen LogP contribution in [0.4, 0.5) is 9.59 Å². The lowest BCUT2D eigenvalue weighted by molar-refractivity contribution is -0.140. The van der Waals surface area contributed by atoms with Crippen molar-refractivity contribution >= 4 is 18.1 Å². The number of carbonyl (C=O) groups excluding carboxylic acids is 2. The number of imide groups is 1. The third kappa shape index (κ3) is 4.00. The van der Waals surface area contributed by atoms with Crippen molar-refractivity contribution in [1.29, 1.82) is 0 Å². The van der Waals surface area contributed by atoms with Gasteiger partial charge < -0.3 is 14.7 Å². The predicted molar refractivity (Wildman–Crippen MR) is 81.8 cm³/mol. The number of rotatable bonds is 6. The van der Waals surface area contributed by atoms with Crippen molar-refractivity contribution in [3.05, 3.63) is 35.9 Å². The number of nitrogens with zero attached hydrogens (tertiary/aromatic N) is 2. The third-order valence-corrected chi connectivity index (χ3v) is 3.65. The molecule has 2 rings (SSSR count). The zero-order valence-corrected chi connectivity index (χ0v) is 13.0. The SMILES string of the molecule is CCCCN1C[C@@H](C(=O)O)N(C(=O)OCc2ccccc2)C1=O. The first-order valence-corrected chi connectivity index (χ1v) is 7.56. The first-order chi connectivity index (χ1) is 11.0. The molecule has 0 aliphatic carbocycles. The van der Waals surface area contributed by atoms with E-state index in [1.54, 1.807) is 24.3 Å². The van der Waals surface area contributed by atoms with Gasteiger partial charge in [-0.1, -0.05) is 43.7 Å². The molecule has 0 spiro atoms. The lowest BCUT2D eigenvalue weighted by atomic mass is 10.2. The van der Waals surface area contributed by atoms with Gasteiger partial charge in [0.1, 0.15) is 6.61 Å². The molecule has 0 unspecified atom stereocenters. The quantitative estimate of drug-likeness (QED) is 0.869. The molecule has 3 amide bonds. The third-order valence-electron chi connectivity index (χ3n) is 3.65. The van der Waals surface area contributed by atoms with Crippen molar-refractivity contribution < 1.29 is 24.2 Å². The van der Waals surface area contributed by atoms with E-state index in [0.717, 1.165) is 18.4 Å². The molecule has 1 heterocycles. The van der Waals surface area contributed by atoms with E-state index >= 15 is 0 Å². The first-order valence-electron chi connectivity index (χ1n) is 7.56. The molecule has 1 atom stereocenters. The summed E-state index contributed by atoms with van der Waals surface area (Å²) in [5, 5.41) is 9.25. The summed E-state index contributed by atoms with van der Waals surface area (Å²) in [4.78, 5) is 37.8. The molecule has 0 saturated carbocycles. The Morgan fingerprint density at radius 1 is 1.30 bits per heavy atom. The molecule has 1 fully saturated rings. The van der Waals surface area contributed by atoms with Gasteiger partial charge in [-0.05, 0) is 12.0 Å². The second kappa shape index (κ2) is 7.62. The minimum atomic E-state index is -1.21. The molecule has 23 heavy (non-hydrogen) atoms. The van der Waals surface area contributed by atoms with Crippen molar-refractivity contribution in [2.24, 2.45) is 0 Å². The lowest BCUT2D eigenvalue weighted by Gasteiger charge is -2.18. The Morgan fingerprint density at radius 2 is 2.00 bits per heavy atom. The number of ether oxygens (including phenoxy) is 1. The van der Waals surface area contributed by atoms with E-state index in [0.29, 0.717) is 11.4 Å². The minimum absolute atomic E-state index is 0.00535. The molecule has 0 radical (unpaired) electrons. The van der Waals surface area contributed by atoms with Gasteiger partial charge in [0.2, 0.25) is 0 Å². The number of hydrogen-bond acceptors (Lipinski definition) is 4. The second-order valence-electron chi connectivity index (χ2n) is 5.35. The van der Waals surface area contributed by atoms with Crippen LogP contribution in [0, 0.1) is 0 Å². The number of carbonyl (C=O) groups is 3. The number of urea groups is 1. The van der Waals surface area contributed by atoms with Gasteiger partial charge in [-0.2, -0.15) is 0 Å². The number of aliphatic carboxylic acids is 1. The number of amides is 3. The zero-order valence-electron chi connectivity index (χ0n) is 13.0. The van der Waals surface area contributed by atoms with Crippen LogP contribution in [0.15, 0.2) is 30.3 Å². The van der Waals surface area contributed by atoms with Gasteiger partial charge in [-0.3, -0.25) is 0 Å². The van der Waals surface area contributed by atoms with Crippen molar-refractivity contribution in [1.82, 2.24) is 9.80 Å². The predicted octanol–water partition coefficient (Wildman–Crippen LogP) is 2.31. The van der Waals surface area contributed by atoms with Gasteiger partial charge in [0.25, 0.3) is 0 Å². The number of carboxylic acid groups (broad SMARTS) is 1. The molecule has 1 N–H and O–H groups in total. The van der Waals surface area contributed by atoms with Crippen molar-refractivity contribution in [2.45, 2.75) is 32.4 Å². The Hall–Kier alpha value is -2.57. The summed E-state index contributed by atoms with van der Waals surface area (Å²) in [6, 6.07) is 7.18. The first kappa shape index (κ1) is 16.8. The fraction of sp³-hybridized carbons (Fsp3) is 0.438. The smallest absolute Gasteiger partial charge is 0.419 e. The van der Waals surface area contributed by atoms with E-state index in [1.807, 2.05) is 13.0 Å². The fourth-order valence-corrected chi connectivity index (χ4v) is 2.37. The van der Waals surface area contributed by atoms with E-state index < -0.39 is 24.1 Å². The maximum atomic E-state index is 12.3. The van der Waals surface area contributed by atoms with Crippen LogP contribution in [-0.2, 0) is 16.1 Å². The van der Waals surface area contributed by atoms with Crippen molar-refractivity contribution in [2.75, 3.05) is 13.1 Å². The van der Waals surface area contributed by atoms with Gasteiger partial charge in [0.15, 0.2) is 6.04 Å². The Kier molecular flexibility index (Phi) is 5.56. The topological polar surface area (TPSA) is 87.2 Å². The molecule has 124 valence electrons. The van der Waals surface area contributed by atoms with Gasteiger partial charge in [0.05, 0.1) is 6.54 Å². The minimum Gasteiger partial charge on any atom is -0.480 e. The second-order valence-corrected chi connectivity index (χ2v) is 5.35. The summed E-state index contributed by atoms with van der Waals surface area (Å²) in [5.74, 6) is -1.21. The Morgan fingerprint density at radius 3 is 2.61 bits per heavy atom. The molecular weight excluding hydrogens is 300 g/mol. The molecule has 1 aliphatic rings. The van der Waals surface area contributed by atoms with Crippen molar-refractivity contribution in [3.63, 3.8) is 0 Å². The summed E-state index contributed by atoms with van der Waals surface area (Å²) in [6.07, 6.45) is 0.704. The van der Waals surface area contributed by atoms with Gasteiger partial charge in [-0.15, -0.1) is 0 Å². The van der Waals surface area contributed by atoms with Crippen LogP contribution in [-0.4, -0.2) is 52.1 Å². The highest BCUT2D eigenvalue weighted by molar-refractivity contribution is 5.98. The molecule has 0 aromatic heterocycles. The maximum Gasteiger partial charge on any atom is 0.419 e. The molecular formula is C16H20N2O5. The highest BCUT2D eigenvalue weighted by atomic mass is 16.6. The van der Waals surface area contributed by atoms with Crippen LogP contribution < -0.4 is 0 Å². The number of unbranched alkanes of at least 4 members (excludes halogenated alkanes) is 1. The Bertz CT molecular complexity index is 575. The lowest BCUT2D eigenvalue weighted by Crippen LogP contribution is -2.44. The fourth-order valence-electron chi connectivity index (χ4n) is 2.37. The number of carboxylic acids is 1. The summed E-state index contributed by atoms with van der Waals surface area (Å²) < 4.78 is 5.09.